The Labute approximate surface area is 127 Å². The molecule has 2 rings (SSSR count). The van der Waals surface area contributed by atoms with Crippen molar-refractivity contribution in [3.63, 3.8) is 0 Å². The summed E-state index contributed by atoms with van der Waals surface area (Å²) in [4.78, 5) is 14.4. The van der Waals surface area contributed by atoms with Crippen molar-refractivity contribution >= 4 is 5.91 Å². The maximum atomic E-state index is 12.4. The average molecular weight is 291 g/mol. The topological polar surface area (TPSA) is 38.8 Å². The summed E-state index contributed by atoms with van der Waals surface area (Å²) in [6, 6.07) is 8.20. The molecule has 1 aromatic rings. The number of rotatable bonds is 6. The van der Waals surface area contributed by atoms with Gasteiger partial charge in [0.05, 0.1) is 12.7 Å². The number of amides is 1. The predicted molar refractivity (Wildman–Crippen MR) is 82.3 cm³/mol. The number of hydrogen-bond donors (Lipinski definition) is 0. The summed E-state index contributed by atoms with van der Waals surface area (Å²) in [6.07, 6.45) is 2.16. The van der Waals surface area contributed by atoms with Crippen LogP contribution in [0.15, 0.2) is 24.3 Å². The highest BCUT2D eigenvalue weighted by Gasteiger charge is 2.33. The third-order valence-corrected chi connectivity index (χ3v) is 3.47. The first-order chi connectivity index (χ1) is 9.90. The molecule has 1 aromatic carbocycles. The van der Waals surface area contributed by atoms with Gasteiger partial charge in [0.2, 0.25) is 5.91 Å². The van der Waals surface area contributed by atoms with E-state index in [1.165, 1.54) is 0 Å². The van der Waals surface area contributed by atoms with Crippen LogP contribution in [0.1, 0.15) is 39.2 Å². The van der Waals surface area contributed by atoms with E-state index in [0.717, 1.165) is 24.2 Å². The molecule has 1 aliphatic rings. The van der Waals surface area contributed by atoms with Gasteiger partial charge in [0.1, 0.15) is 12.4 Å². The van der Waals surface area contributed by atoms with Crippen LogP contribution in [0.3, 0.4) is 0 Å². The molecule has 0 aromatic heterocycles. The Morgan fingerprint density at radius 3 is 2.52 bits per heavy atom. The fourth-order valence-corrected chi connectivity index (χ4v) is 2.19. The average Bonchev–Trinajstić information content (AvgIpc) is 3.26. The Balaban J connectivity index is 2.04. The van der Waals surface area contributed by atoms with E-state index in [2.05, 4.69) is 0 Å². The van der Waals surface area contributed by atoms with Gasteiger partial charge >= 0.3 is 0 Å². The zero-order chi connectivity index (χ0) is 15.5. The standard InChI is InChI=1S/C17H25NO3/c1-17(2,3)21-12-16(19)18(14-9-10-14)11-13-7-5-6-8-15(13)20-4/h5-8,14H,9-12H2,1-4H3. The summed E-state index contributed by atoms with van der Waals surface area (Å²) in [6.45, 7) is 6.60. The van der Waals surface area contributed by atoms with Crippen LogP contribution in [0.4, 0.5) is 0 Å². The minimum Gasteiger partial charge on any atom is -0.496 e. The second-order valence-corrected chi connectivity index (χ2v) is 6.47. The maximum absolute atomic E-state index is 12.4. The molecule has 0 atom stereocenters. The summed E-state index contributed by atoms with van der Waals surface area (Å²) in [7, 11) is 1.66. The van der Waals surface area contributed by atoms with Crippen LogP contribution in [-0.2, 0) is 16.1 Å². The minimum atomic E-state index is -0.296. The Morgan fingerprint density at radius 1 is 1.29 bits per heavy atom. The van der Waals surface area contributed by atoms with Crippen molar-refractivity contribution in [1.29, 1.82) is 0 Å². The second-order valence-electron chi connectivity index (χ2n) is 6.47. The van der Waals surface area contributed by atoms with Gasteiger partial charge in [-0.2, -0.15) is 0 Å². The summed E-state index contributed by atoms with van der Waals surface area (Å²) in [5, 5.41) is 0. The van der Waals surface area contributed by atoms with Crippen molar-refractivity contribution in [1.82, 2.24) is 4.90 Å². The molecule has 0 saturated heterocycles. The molecule has 4 nitrogen and oxygen atoms in total. The monoisotopic (exact) mass is 291 g/mol. The summed E-state index contributed by atoms with van der Waals surface area (Å²) >= 11 is 0. The molecule has 0 spiro atoms. The molecule has 1 amide bonds. The van der Waals surface area contributed by atoms with Crippen molar-refractivity contribution in [3.8, 4) is 5.75 Å². The number of methoxy groups -OCH3 is 1. The third-order valence-electron chi connectivity index (χ3n) is 3.47. The largest absolute Gasteiger partial charge is 0.496 e. The molecular formula is C17H25NO3. The molecule has 116 valence electrons. The van der Waals surface area contributed by atoms with Gasteiger partial charge < -0.3 is 14.4 Å². The van der Waals surface area contributed by atoms with Crippen molar-refractivity contribution in [2.75, 3.05) is 13.7 Å². The lowest BCUT2D eigenvalue weighted by Gasteiger charge is -2.26. The molecule has 0 unspecified atom stereocenters. The van der Waals surface area contributed by atoms with E-state index < -0.39 is 0 Å². The Bertz CT molecular complexity index is 489. The van der Waals surface area contributed by atoms with Gasteiger partial charge in [0.25, 0.3) is 0 Å². The summed E-state index contributed by atoms with van der Waals surface area (Å²) < 4.78 is 11.0. The lowest BCUT2D eigenvalue weighted by Crippen LogP contribution is -2.37. The van der Waals surface area contributed by atoms with Crippen LogP contribution < -0.4 is 4.74 Å². The van der Waals surface area contributed by atoms with Crippen molar-refractivity contribution in [2.24, 2.45) is 0 Å². The van der Waals surface area contributed by atoms with E-state index in [-0.39, 0.29) is 18.1 Å². The van der Waals surface area contributed by atoms with Crippen LogP contribution >= 0.6 is 0 Å². The Hall–Kier alpha value is -1.55. The van der Waals surface area contributed by atoms with Crippen molar-refractivity contribution in [3.05, 3.63) is 29.8 Å². The maximum Gasteiger partial charge on any atom is 0.249 e. The molecule has 0 N–H and O–H groups in total. The number of nitrogens with zero attached hydrogens (tertiary/aromatic N) is 1. The van der Waals surface area contributed by atoms with Crippen molar-refractivity contribution < 1.29 is 14.3 Å². The quantitative estimate of drug-likeness (QED) is 0.808. The van der Waals surface area contributed by atoms with E-state index in [9.17, 15) is 4.79 Å². The van der Waals surface area contributed by atoms with Crippen LogP contribution in [-0.4, -0.2) is 36.2 Å². The molecule has 0 aliphatic heterocycles. The highest BCUT2D eigenvalue weighted by Crippen LogP contribution is 2.30. The smallest absolute Gasteiger partial charge is 0.249 e. The number of hydrogen-bond acceptors (Lipinski definition) is 3. The minimum absolute atomic E-state index is 0.0540. The first-order valence-electron chi connectivity index (χ1n) is 7.46. The lowest BCUT2D eigenvalue weighted by atomic mass is 10.2. The predicted octanol–water partition coefficient (Wildman–Crippen LogP) is 3.00. The van der Waals surface area contributed by atoms with Gasteiger partial charge in [-0.1, -0.05) is 18.2 Å². The molecule has 1 fully saturated rings. The van der Waals surface area contributed by atoms with E-state index in [0.29, 0.717) is 12.6 Å². The van der Waals surface area contributed by atoms with Crippen LogP contribution in [0.25, 0.3) is 0 Å². The van der Waals surface area contributed by atoms with E-state index in [1.807, 2.05) is 49.9 Å². The van der Waals surface area contributed by atoms with Crippen LogP contribution in [0, 0.1) is 0 Å². The SMILES string of the molecule is COc1ccccc1CN(C(=O)COC(C)(C)C)C1CC1. The molecule has 21 heavy (non-hydrogen) atoms. The normalized spacial score (nSPS) is 14.9. The number of carbonyl (C=O) groups excluding carboxylic acids is 1. The summed E-state index contributed by atoms with van der Waals surface area (Å²) in [5.74, 6) is 0.881. The highest BCUT2D eigenvalue weighted by molar-refractivity contribution is 5.78. The van der Waals surface area contributed by atoms with Gasteiger partial charge in [-0.05, 0) is 39.7 Å². The zero-order valence-electron chi connectivity index (χ0n) is 13.4. The number of para-hydroxylation sites is 1. The van der Waals surface area contributed by atoms with Gasteiger partial charge in [0, 0.05) is 18.2 Å². The fraction of sp³-hybridized carbons (Fsp3) is 0.588. The fourth-order valence-electron chi connectivity index (χ4n) is 2.19. The van der Waals surface area contributed by atoms with Gasteiger partial charge in [-0.15, -0.1) is 0 Å². The molecule has 4 heteroatoms. The first-order valence-corrected chi connectivity index (χ1v) is 7.46. The number of benzene rings is 1. The lowest BCUT2D eigenvalue weighted by molar-refractivity contribution is -0.142. The summed E-state index contributed by atoms with van der Waals surface area (Å²) in [5.41, 5.74) is 0.742. The second kappa shape index (κ2) is 6.48. The molecule has 1 saturated carbocycles. The Kier molecular flexibility index (Phi) is 4.88. The van der Waals surface area contributed by atoms with Gasteiger partial charge in [0.15, 0.2) is 0 Å². The number of carbonyl (C=O) groups is 1. The zero-order valence-corrected chi connectivity index (χ0v) is 13.4. The van der Waals surface area contributed by atoms with Crippen molar-refractivity contribution in [2.45, 2.75) is 51.8 Å². The van der Waals surface area contributed by atoms with E-state index in [1.54, 1.807) is 7.11 Å². The number of ether oxygens (including phenoxy) is 2. The first kappa shape index (κ1) is 15.8. The van der Waals surface area contributed by atoms with Crippen LogP contribution in [0.5, 0.6) is 5.75 Å². The molecule has 0 heterocycles. The molecule has 1 aliphatic carbocycles. The van der Waals surface area contributed by atoms with E-state index in [4.69, 9.17) is 9.47 Å². The Morgan fingerprint density at radius 2 is 1.95 bits per heavy atom. The van der Waals surface area contributed by atoms with E-state index >= 15 is 0 Å². The highest BCUT2D eigenvalue weighted by atomic mass is 16.5. The van der Waals surface area contributed by atoms with Gasteiger partial charge in [-0.25, -0.2) is 0 Å². The third kappa shape index (κ3) is 4.74. The van der Waals surface area contributed by atoms with Gasteiger partial charge in [-0.3, -0.25) is 4.79 Å². The van der Waals surface area contributed by atoms with Crippen LogP contribution in [0.2, 0.25) is 0 Å². The molecular weight excluding hydrogens is 266 g/mol. The molecule has 0 radical (unpaired) electrons. The molecule has 0 bridgehead atoms.